The fraction of sp³-hybridized carbons (Fsp3) is 0.333. The van der Waals surface area contributed by atoms with Gasteiger partial charge in [0.05, 0.1) is 0 Å². The monoisotopic (exact) mass is 275 g/mol. The number of thiophene rings is 2. The highest BCUT2D eigenvalue weighted by molar-refractivity contribution is 7.14. The van der Waals surface area contributed by atoms with Crippen molar-refractivity contribution in [2.45, 2.75) is 25.8 Å². The standard InChI is InChI=1S/C15H17NS2/c1-2-3-4-5-8-16-11-14-10-13(12-18-14)15-7-6-9-17-15/h1,6-7,9-10,12,16H,3-5,8,11H2. The van der Waals surface area contributed by atoms with E-state index in [1.54, 1.807) is 11.3 Å². The molecule has 0 unspecified atom stereocenters. The summed E-state index contributed by atoms with van der Waals surface area (Å²) in [6, 6.07) is 6.55. The zero-order valence-corrected chi connectivity index (χ0v) is 11.9. The summed E-state index contributed by atoms with van der Waals surface area (Å²) in [4.78, 5) is 2.75. The van der Waals surface area contributed by atoms with Gasteiger partial charge >= 0.3 is 0 Å². The smallest absolute Gasteiger partial charge is 0.0351 e. The molecule has 94 valence electrons. The molecule has 2 rings (SSSR count). The van der Waals surface area contributed by atoms with Crippen molar-refractivity contribution in [2.75, 3.05) is 6.54 Å². The zero-order chi connectivity index (χ0) is 12.6. The van der Waals surface area contributed by atoms with Crippen molar-refractivity contribution in [3.05, 3.63) is 33.8 Å². The van der Waals surface area contributed by atoms with E-state index in [2.05, 4.69) is 40.2 Å². The molecule has 0 fully saturated rings. The fourth-order valence-electron chi connectivity index (χ4n) is 1.73. The molecular weight excluding hydrogens is 258 g/mol. The van der Waals surface area contributed by atoms with Gasteiger partial charge in [0.25, 0.3) is 0 Å². The Hall–Kier alpha value is -1.08. The summed E-state index contributed by atoms with van der Waals surface area (Å²) in [5.41, 5.74) is 1.35. The quantitative estimate of drug-likeness (QED) is 0.584. The highest BCUT2D eigenvalue weighted by Crippen LogP contribution is 2.29. The minimum atomic E-state index is 0.892. The molecule has 0 atom stereocenters. The van der Waals surface area contributed by atoms with Crippen molar-refractivity contribution >= 4 is 22.7 Å². The number of terminal acetylenes is 1. The van der Waals surface area contributed by atoms with Crippen LogP contribution in [0.25, 0.3) is 10.4 Å². The van der Waals surface area contributed by atoms with Crippen LogP contribution in [0.15, 0.2) is 29.0 Å². The van der Waals surface area contributed by atoms with Crippen LogP contribution in [-0.2, 0) is 6.54 Å². The van der Waals surface area contributed by atoms with E-state index in [-0.39, 0.29) is 0 Å². The Morgan fingerprint density at radius 1 is 1.28 bits per heavy atom. The lowest BCUT2D eigenvalue weighted by molar-refractivity contribution is 0.634. The first kappa shape index (κ1) is 13.4. The lowest BCUT2D eigenvalue weighted by Crippen LogP contribution is -2.13. The maximum absolute atomic E-state index is 5.22. The molecule has 1 nitrogen and oxygen atoms in total. The second kappa shape index (κ2) is 7.38. The average molecular weight is 275 g/mol. The number of hydrogen-bond acceptors (Lipinski definition) is 3. The summed E-state index contributed by atoms with van der Waals surface area (Å²) in [5, 5.41) is 7.82. The predicted molar refractivity (Wildman–Crippen MR) is 82.0 cm³/mol. The van der Waals surface area contributed by atoms with Crippen LogP contribution in [0.4, 0.5) is 0 Å². The van der Waals surface area contributed by atoms with Crippen molar-refractivity contribution in [1.29, 1.82) is 0 Å². The van der Waals surface area contributed by atoms with Gasteiger partial charge in [-0.2, -0.15) is 0 Å². The SMILES string of the molecule is C#CCCCCNCc1cc(-c2cccs2)cs1. The third-order valence-electron chi connectivity index (χ3n) is 2.68. The van der Waals surface area contributed by atoms with Crippen LogP contribution in [0, 0.1) is 12.3 Å². The third-order valence-corrected chi connectivity index (χ3v) is 4.54. The molecule has 0 spiro atoms. The molecule has 0 saturated heterocycles. The first-order valence-electron chi connectivity index (χ1n) is 6.15. The third kappa shape index (κ3) is 3.99. The Balaban J connectivity index is 1.73. The molecule has 3 heteroatoms. The molecule has 2 heterocycles. The largest absolute Gasteiger partial charge is 0.312 e. The van der Waals surface area contributed by atoms with E-state index in [0.717, 1.165) is 32.4 Å². The minimum absolute atomic E-state index is 0.892. The van der Waals surface area contributed by atoms with E-state index in [1.165, 1.54) is 15.3 Å². The van der Waals surface area contributed by atoms with Gasteiger partial charge in [0.2, 0.25) is 0 Å². The van der Waals surface area contributed by atoms with Crippen LogP contribution >= 0.6 is 22.7 Å². The van der Waals surface area contributed by atoms with E-state index in [1.807, 2.05) is 11.3 Å². The number of hydrogen-bond donors (Lipinski definition) is 1. The van der Waals surface area contributed by atoms with E-state index < -0.39 is 0 Å². The number of unbranched alkanes of at least 4 members (excludes halogenated alkanes) is 2. The Labute approximate surface area is 117 Å². The summed E-state index contributed by atoms with van der Waals surface area (Å²) < 4.78 is 0. The van der Waals surface area contributed by atoms with E-state index in [4.69, 9.17) is 6.42 Å². The van der Waals surface area contributed by atoms with Crippen LogP contribution < -0.4 is 5.32 Å². The molecule has 0 saturated carbocycles. The van der Waals surface area contributed by atoms with Gasteiger partial charge in [0, 0.05) is 28.3 Å². The van der Waals surface area contributed by atoms with Crippen molar-refractivity contribution < 1.29 is 0 Å². The van der Waals surface area contributed by atoms with Crippen molar-refractivity contribution in [3.8, 4) is 22.8 Å². The lowest BCUT2D eigenvalue weighted by atomic mass is 10.2. The van der Waals surface area contributed by atoms with Crippen LogP contribution in [0.5, 0.6) is 0 Å². The molecule has 1 N–H and O–H groups in total. The summed E-state index contributed by atoms with van der Waals surface area (Å²) in [5.74, 6) is 2.67. The maximum Gasteiger partial charge on any atom is 0.0351 e. The van der Waals surface area contributed by atoms with Gasteiger partial charge in [-0.3, -0.25) is 0 Å². The van der Waals surface area contributed by atoms with Gasteiger partial charge in [-0.15, -0.1) is 35.0 Å². The molecule has 0 aliphatic heterocycles. The van der Waals surface area contributed by atoms with E-state index in [9.17, 15) is 0 Å². The number of nitrogens with one attached hydrogen (secondary N) is 1. The Morgan fingerprint density at radius 3 is 3.00 bits per heavy atom. The Kier molecular flexibility index (Phi) is 5.47. The maximum atomic E-state index is 5.22. The molecule has 18 heavy (non-hydrogen) atoms. The van der Waals surface area contributed by atoms with Gasteiger partial charge < -0.3 is 5.32 Å². The number of rotatable bonds is 7. The lowest BCUT2D eigenvalue weighted by Gasteiger charge is -2.01. The summed E-state index contributed by atoms with van der Waals surface area (Å²) >= 11 is 3.62. The summed E-state index contributed by atoms with van der Waals surface area (Å²) in [6.07, 6.45) is 8.39. The molecule has 0 aliphatic rings. The second-order valence-electron chi connectivity index (χ2n) is 4.12. The minimum Gasteiger partial charge on any atom is -0.312 e. The molecule has 2 aromatic rings. The molecule has 0 bridgehead atoms. The van der Waals surface area contributed by atoms with Crippen LogP contribution in [-0.4, -0.2) is 6.54 Å². The summed E-state index contributed by atoms with van der Waals surface area (Å²) in [7, 11) is 0. The van der Waals surface area contributed by atoms with E-state index in [0.29, 0.717) is 0 Å². The molecule has 0 radical (unpaired) electrons. The van der Waals surface area contributed by atoms with Crippen LogP contribution in [0.3, 0.4) is 0 Å². The van der Waals surface area contributed by atoms with Crippen LogP contribution in [0.2, 0.25) is 0 Å². The van der Waals surface area contributed by atoms with Gasteiger partial charge in [-0.05, 0) is 42.3 Å². The second-order valence-corrected chi connectivity index (χ2v) is 6.06. The molecule has 0 amide bonds. The highest BCUT2D eigenvalue weighted by atomic mass is 32.1. The van der Waals surface area contributed by atoms with E-state index >= 15 is 0 Å². The molecule has 0 aromatic carbocycles. The normalized spacial score (nSPS) is 10.4. The van der Waals surface area contributed by atoms with Gasteiger partial charge in [-0.25, -0.2) is 0 Å². The average Bonchev–Trinajstić information content (AvgIpc) is 3.03. The predicted octanol–water partition coefficient (Wildman–Crippen LogP) is 4.37. The highest BCUT2D eigenvalue weighted by Gasteiger charge is 2.02. The van der Waals surface area contributed by atoms with Crippen molar-refractivity contribution in [1.82, 2.24) is 5.32 Å². The van der Waals surface area contributed by atoms with Gasteiger partial charge in [-0.1, -0.05) is 6.07 Å². The van der Waals surface area contributed by atoms with Crippen LogP contribution in [0.1, 0.15) is 24.1 Å². The Bertz CT molecular complexity index is 491. The topological polar surface area (TPSA) is 12.0 Å². The fourth-order valence-corrected chi connectivity index (χ4v) is 3.38. The molecule has 2 aromatic heterocycles. The first-order chi connectivity index (χ1) is 8.90. The summed E-state index contributed by atoms with van der Waals surface area (Å²) in [6.45, 7) is 2.01. The first-order valence-corrected chi connectivity index (χ1v) is 7.91. The Morgan fingerprint density at radius 2 is 2.22 bits per heavy atom. The van der Waals surface area contributed by atoms with Crippen molar-refractivity contribution in [2.24, 2.45) is 0 Å². The van der Waals surface area contributed by atoms with Gasteiger partial charge in [0.1, 0.15) is 0 Å². The van der Waals surface area contributed by atoms with Gasteiger partial charge in [0.15, 0.2) is 0 Å². The molecule has 0 aliphatic carbocycles. The zero-order valence-electron chi connectivity index (χ0n) is 10.3. The molecular formula is C15H17NS2. The van der Waals surface area contributed by atoms with Crippen molar-refractivity contribution in [3.63, 3.8) is 0 Å².